The van der Waals surface area contributed by atoms with Gasteiger partial charge in [-0.25, -0.2) is 9.48 Å². The minimum absolute atomic E-state index is 0.0277. The van der Waals surface area contributed by atoms with E-state index in [1.54, 1.807) is 19.9 Å². The quantitative estimate of drug-likeness (QED) is 0.611. The van der Waals surface area contributed by atoms with Crippen molar-refractivity contribution in [1.29, 1.82) is 0 Å². The number of carboxylic acids is 1. The lowest BCUT2D eigenvalue weighted by atomic mass is 10.0. The number of nitrogens with one attached hydrogen (secondary N) is 1. The van der Waals surface area contributed by atoms with Crippen LogP contribution in [0.4, 0.5) is 5.69 Å². The summed E-state index contributed by atoms with van der Waals surface area (Å²) in [4.78, 5) is 33.8. The van der Waals surface area contributed by atoms with Crippen molar-refractivity contribution in [2.45, 2.75) is 19.9 Å². The maximum atomic E-state index is 12.1. The molecule has 0 bridgehead atoms. The molecule has 0 saturated carbocycles. The summed E-state index contributed by atoms with van der Waals surface area (Å²) < 4.78 is 1.21. The molecule has 0 radical (unpaired) electrons. The molecule has 1 aromatic carbocycles. The van der Waals surface area contributed by atoms with Crippen LogP contribution >= 0.6 is 0 Å². The first-order valence-corrected chi connectivity index (χ1v) is 7.14. The number of para-hydroxylation sites is 2. The Balaban J connectivity index is 2.27. The van der Waals surface area contributed by atoms with Gasteiger partial charge in [0.15, 0.2) is 5.69 Å². The van der Waals surface area contributed by atoms with E-state index in [-0.39, 0.29) is 23.0 Å². The monoisotopic (exact) mass is 332 g/mol. The van der Waals surface area contributed by atoms with Crippen LogP contribution in [-0.2, 0) is 4.79 Å². The van der Waals surface area contributed by atoms with Crippen molar-refractivity contribution < 1.29 is 19.6 Å². The highest BCUT2D eigenvalue weighted by atomic mass is 16.6. The lowest BCUT2D eigenvalue weighted by Crippen LogP contribution is -2.44. The summed E-state index contributed by atoms with van der Waals surface area (Å²) in [5, 5.41) is 26.5. The van der Waals surface area contributed by atoms with Gasteiger partial charge in [0.25, 0.3) is 11.6 Å². The maximum Gasteiger partial charge on any atom is 0.326 e. The van der Waals surface area contributed by atoms with Crippen molar-refractivity contribution in [1.82, 2.24) is 15.1 Å². The minimum atomic E-state index is -1.14. The van der Waals surface area contributed by atoms with Crippen molar-refractivity contribution in [3.05, 3.63) is 52.3 Å². The number of carbonyl (C=O) groups is 2. The summed E-state index contributed by atoms with van der Waals surface area (Å²) in [6.07, 6.45) is 1.41. The third kappa shape index (κ3) is 3.57. The molecule has 1 atom stereocenters. The second kappa shape index (κ2) is 6.90. The van der Waals surface area contributed by atoms with E-state index in [1.165, 1.54) is 35.1 Å². The number of rotatable bonds is 6. The molecule has 24 heavy (non-hydrogen) atoms. The van der Waals surface area contributed by atoms with Gasteiger partial charge in [0.05, 0.1) is 4.92 Å². The zero-order chi connectivity index (χ0) is 17.9. The summed E-state index contributed by atoms with van der Waals surface area (Å²) in [7, 11) is 0. The number of hydrogen-bond acceptors (Lipinski definition) is 5. The van der Waals surface area contributed by atoms with E-state index in [0.717, 1.165) is 0 Å². The number of amides is 1. The Bertz CT molecular complexity index is 784. The van der Waals surface area contributed by atoms with Crippen molar-refractivity contribution in [2.75, 3.05) is 0 Å². The molecule has 1 unspecified atom stereocenters. The Morgan fingerprint density at radius 2 is 1.96 bits per heavy atom. The molecule has 9 nitrogen and oxygen atoms in total. The Morgan fingerprint density at radius 3 is 2.54 bits per heavy atom. The summed E-state index contributed by atoms with van der Waals surface area (Å²) in [6.45, 7) is 3.34. The van der Waals surface area contributed by atoms with Gasteiger partial charge in [-0.15, -0.1) is 0 Å². The number of carbonyl (C=O) groups excluding carboxylic acids is 1. The minimum Gasteiger partial charge on any atom is -0.480 e. The van der Waals surface area contributed by atoms with Crippen LogP contribution in [0.2, 0.25) is 0 Å². The van der Waals surface area contributed by atoms with Gasteiger partial charge in [-0.2, -0.15) is 5.10 Å². The molecular formula is C15H16N4O5. The average Bonchev–Trinajstić information content (AvgIpc) is 3.01. The zero-order valence-electron chi connectivity index (χ0n) is 13.0. The van der Waals surface area contributed by atoms with Gasteiger partial charge < -0.3 is 10.4 Å². The molecule has 0 saturated heterocycles. The lowest BCUT2D eigenvalue weighted by molar-refractivity contribution is -0.384. The summed E-state index contributed by atoms with van der Waals surface area (Å²) in [5.41, 5.74) is 0.0263. The molecule has 9 heteroatoms. The Hall–Kier alpha value is -3.23. The van der Waals surface area contributed by atoms with E-state index in [0.29, 0.717) is 0 Å². The van der Waals surface area contributed by atoms with Crippen LogP contribution in [0.1, 0.15) is 24.3 Å². The fourth-order valence-electron chi connectivity index (χ4n) is 2.12. The van der Waals surface area contributed by atoms with E-state index in [2.05, 4.69) is 10.4 Å². The van der Waals surface area contributed by atoms with Gasteiger partial charge in [0, 0.05) is 12.3 Å². The standard InChI is InChI=1S/C15H16N4O5/c1-9(2)13(15(21)22)16-14(20)10-7-8-18(17-10)11-5-3-4-6-12(11)19(23)24/h3-9,13H,1-2H3,(H,16,20)(H,21,22). The molecule has 126 valence electrons. The topological polar surface area (TPSA) is 127 Å². The van der Waals surface area contributed by atoms with Gasteiger partial charge in [-0.3, -0.25) is 14.9 Å². The number of aromatic nitrogens is 2. The fraction of sp³-hybridized carbons (Fsp3) is 0.267. The molecule has 1 aromatic heterocycles. The number of hydrogen-bond donors (Lipinski definition) is 2. The summed E-state index contributed by atoms with van der Waals surface area (Å²) >= 11 is 0. The van der Waals surface area contributed by atoms with E-state index in [1.807, 2.05) is 0 Å². The van der Waals surface area contributed by atoms with Crippen LogP contribution in [0.3, 0.4) is 0 Å². The molecule has 2 rings (SSSR count). The maximum absolute atomic E-state index is 12.1. The van der Waals surface area contributed by atoms with Gasteiger partial charge >= 0.3 is 5.97 Å². The van der Waals surface area contributed by atoms with Crippen LogP contribution in [0, 0.1) is 16.0 Å². The summed E-state index contributed by atoms with van der Waals surface area (Å²) in [5.74, 6) is -2.10. The van der Waals surface area contributed by atoms with Crippen molar-refractivity contribution in [3.8, 4) is 5.69 Å². The van der Waals surface area contributed by atoms with Crippen molar-refractivity contribution >= 4 is 17.6 Å². The smallest absolute Gasteiger partial charge is 0.326 e. The van der Waals surface area contributed by atoms with Crippen LogP contribution in [0.5, 0.6) is 0 Å². The Morgan fingerprint density at radius 1 is 1.29 bits per heavy atom. The largest absolute Gasteiger partial charge is 0.480 e. The second-order valence-corrected chi connectivity index (χ2v) is 5.42. The molecule has 0 aliphatic heterocycles. The zero-order valence-corrected chi connectivity index (χ0v) is 13.0. The molecule has 1 amide bonds. The predicted molar refractivity (Wildman–Crippen MR) is 83.9 cm³/mol. The first kappa shape index (κ1) is 17.1. The van der Waals surface area contributed by atoms with E-state index in [9.17, 15) is 19.7 Å². The SMILES string of the molecule is CC(C)C(NC(=O)c1ccn(-c2ccccc2[N+](=O)[O-])n1)C(=O)O. The molecule has 0 spiro atoms. The van der Waals surface area contributed by atoms with E-state index >= 15 is 0 Å². The normalized spacial score (nSPS) is 12.0. The average molecular weight is 332 g/mol. The number of aliphatic carboxylic acids is 1. The van der Waals surface area contributed by atoms with Gasteiger partial charge in [-0.1, -0.05) is 26.0 Å². The number of nitro groups is 1. The summed E-state index contributed by atoms with van der Waals surface area (Å²) in [6, 6.07) is 6.29. The number of carboxylic acid groups (broad SMARTS) is 1. The van der Waals surface area contributed by atoms with Crippen LogP contribution in [-0.4, -0.2) is 37.7 Å². The van der Waals surface area contributed by atoms with Crippen LogP contribution in [0.15, 0.2) is 36.5 Å². The highest BCUT2D eigenvalue weighted by Gasteiger charge is 2.25. The first-order valence-electron chi connectivity index (χ1n) is 7.14. The predicted octanol–water partition coefficient (Wildman–Crippen LogP) is 1.62. The van der Waals surface area contributed by atoms with Gasteiger partial charge in [0.1, 0.15) is 11.7 Å². The highest BCUT2D eigenvalue weighted by molar-refractivity contribution is 5.95. The first-order chi connectivity index (χ1) is 11.3. The van der Waals surface area contributed by atoms with Gasteiger partial charge in [-0.05, 0) is 18.1 Å². The molecule has 0 fully saturated rings. The number of benzene rings is 1. The number of nitrogens with zero attached hydrogens (tertiary/aromatic N) is 3. The molecule has 2 N–H and O–H groups in total. The third-order valence-electron chi connectivity index (χ3n) is 3.37. The lowest BCUT2D eigenvalue weighted by Gasteiger charge is -2.16. The molecule has 1 heterocycles. The van der Waals surface area contributed by atoms with Crippen LogP contribution < -0.4 is 5.32 Å². The van der Waals surface area contributed by atoms with E-state index < -0.39 is 22.8 Å². The molecule has 0 aliphatic carbocycles. The van der Waals surface area contributed by atoms with Crippen molar-refractivity contribution in [3.63, 3.8) is 0 Å². The molecular weight excluding hydrogens is 316 g/mol. The highest BCUT2D eigenvalue weighted by Crippen LogP contribution is 2.21. The third-order valence-corrected chi connectivity index (χ3v) is 3.37. The Labute approximate surface area is 137 Å². The Kier molecular flexibility index (Phi) is 4.93. The van der Waals surface area contributed by atoms with Gasteiger partial charge in [0.2, 0.25) is 0 Å². The second-order valence-electron chi connectivity index (χ2n) is 5.42. The fourth-order valence-corrected chi connectivity index (χ4v) is 2.12. The van der Waals surface area contributed by atoms with E-state index in [4.69, 9.17) is 5.11 Å². The van der Waals surface area contributed by atoms with Crippen molar-refractivity contribution in [2.24, 2.45) is 5.92 Å². The number of nitro benzene ring substituents is 1. The molecule has 2 aromatic rings. The molecule has 0 aliphatic rings. The van der Waals surface area contributed by atoms with Crippen LogP contribution in [0.25, 0.3) is 5.69 Å².